The Hall–Kier alpha value is -0.435. The van der Waals surface area contributed by atoms with Gasteiger partial charge in [-0.2, -0.15) is 9.63 Å². The molecule has 0 unspecified atom stereocenters. The normalized spacial score (nSPS) is 12.8. The molecular formula is C7H12BClN2. The quantitative estimate of drug-likeness (QED) is 0.274. The van der Waals surface area contributed by atoms with Gasteiger partial charge in [-0.1, -0.05) is 19.4 Å². The molecule has 2 nitrogen and oxygen atoms in total. The highest BCUT2D eigenvalue weighted by molar-refractivity contribution is 6.27. The summed E-state index contributed by atoms with van der Waals surface area (Å²) in [5.41, 5.74) is 1.46. The molecule has 11 heavy (non-hydrogen) atoms. The lowest BCUT2D eigenvalue weighted by Gasteiger charge is -2.15. The number of nitrogens with zero attached hydrogens (tertiary/aromatic N) is 2. The van der Waals surface area contributed by atoms with Gasteiger partial charge in [0, 0.05) is 24.1 Å². The molecule has 0 aliphatic rings. The van der Waals surface area contributed by atoms with Crippen molar-refractivity contribution in [2.45, 2.75) is 20.8 Å². The minimum absolute atomic E-state index is 0.373. The third-order valence-corrected chi connectivity index (χ3v) is 1.88. The van der Waals surface area contributed by atoms with Gasteiger partial charge in [-0.3, -0.25) is 0 Å². The van der Waals surface area contributed by atoms with Crippen LogP contribution in [0.5, 0.6) is 0 Å². The van der Waals surface area contributed by atoms with Crippen molar-refractivity contribution < 1.29 is 0 Å². The minimum Gasteiger partial charge on any atom is -0.189 e. The first-order valence-electron chi connectivity index (χ1n) is 3.39. The van der Waals surface area contributed by atoms with Gasteiger partial charge >= 0.3 is 0 Å². The van der Waals surface area contributed by atoms with Crippen LogP contribution in [0, 0.1) is 5.92 Å². The number of rotatable bonds is 3. The largest absolute Gasteiger partial charge is 0.189 e. The molecular weight excluding hydrogens is 158 g/mol. The second kappa shape index (κ2) is 4.44. The molecule has 0 heterocycles. The fraction of sp³-hybridized carbons (Fsp3) is 0.571. The molecule has 0 atom stereocenters. The third-order valence-electron chi connectivity index (χ3n) is 1.59. The van der Waals surface area contributed by atoms with E-state index in [-0.39, 0.29) is 0 Å². The van der Waals surface area contributed by atoms with Crippen LogP contribution in [-0.4, -0.2) is 19.1 Å². The Kier molecular flexibility index (Phi) is 4.27. The maximum atomic E-state index is 5.61. The van der Waals surface area contributed by atoms with Crippen molar-refractivity contribution in [3.63, 3.8) is 0 Å². The van der Waals surface area contributed by atoms with Gasteiger partial charge in [-0.15, -0.1) is 0 Å². The van der Waals surface area contributed by atoms with E-state index in [0.29, 0.717) is 11.5 Å². The van der Waals surface area contributed by atoms with Crippen LogP contribution in [0.25, 0.3) is 0 Å². The second-order valence-corrected chi connectivity index (χ2v) is 2.94. The Morgan fingerprint density at radius 1 is 1.64 bits per heavy atom. The Bertz CT molecular complexity index is 177. The monoisotopic (exact) mass is 170 g/mol. The SMILES string of the molecule is [B]/C(=C(/C)C(C)C)N(Cl)N=C. The zero-order valence-electron chi connectivity index (χ0n) is 7.13. The fourth-order valence-electron chi connectivity index (χ4n) is 0.517. The zero-order valence-corrected chi connectivity index (χ0v) is 7.89. The number of hydrogen-bond donors (Lipinski definition) is 0. The van der Waals surface area contributed by atoms with E-state index in [9.17, 15) is 0 Å². The molecule has 0 N–H and O–H groups in total. The second-order valence-electron chi connectivity index (χ2n) is 2.62. The summed E-state index contributed by atoms with van der Waals surface area (Å²) in [5.74, 6) is 0.373. The summed E-state index contributed by atoms with van der Waals surface area (Å²) in [5, 5.41) is 3.46. The van der Waals surface area contributed by atoms with Crippen molar-refractivity contribution in [1.29, 1.82) is 0 Å². The fourth-order valence-corrected chi connectivity index (χ4v) is 0.651. The Balaban J connectivity index is 4.51. The molecule has 0 aromatic carbocycles. The average Bonchev–Trinajstić information content (AvgIpc) is 2.00. The molecule has 0 rings (SSSR count). The minimum atomic E-state index is 0.373. The van der Waals surface area contributed by atoms with E-state index in [0.717, 1.165) is 10.1 Å². The Labute approximate surface area is 74.4 Å². The summed E-state index contributed by atoms with van der Waals surface area (Å²) in [6.07, 6.45) is 0. The van der Waals surface area contributed by atoms with Crippen molar-refractivity contribution in [2.24, 2.45) is 11.0 Å². The van der Waals surface area contributed by atoms with E-state index >= 15 is 0 Å². The van der Waals surface area contributed by atoms with Crippen molar-refractivity contribution in [1.82, 2.24) is 4.53 Å². The first-order valence-corrected chi connectivity index (χ1v) is 3.73. The summed E-state index contributed by atoms with van der Waals surface area (Å²) >= 11 is 5.58. The average molecular weight is 170 g/mol. The van der Waals surface area contributed by atoms with Crippen molar-refractivity contribution in [3.8, 4) is 0 Å². The molecule has 0 aromatic rings. The molecule has 0 amide bonds. The number of allylic oxidation sites excluding steroid dienone is 1. The van der Waals surface area contributed by atoms with Crippen LogP contribution < -0.4 is 0 Å². The van der Waals surface area contributed by atoms with Gasteiger partial charge in [-0.25, -0.2) is 0 Å². The first kappa shape index (κ1) is 10.6. The van der Waals surface area contributed by atoms with Gasteiger partial charge in [0.25, 0.3) is 0 Å². The lowest BCUT2D eigenvalue weighted by atomic mass is 9.93. The van der Waals surface area contributed by atoms with E-state index in [1.54, 1.807) is 0 Å². The molecule has 4 heteroatoms. The summed E-state index contributed by atoms with van der Waals surface area (Å²) in [7, 11) is 5.61. The number of hydrazone groups is 1. The van der Waals surface area contributed by atoms with E-state index < -0.39 is 0 Å². The molecule has 2 radical (unpaired) electrons. The van der Waals surface area contributed by atoms with E-state index in [2.05, 4.69) is 11.8 Å². The molecule has 0 bridgehead atoms. The topological polar surface area (TPSA) is 15.6 Å². The van der Waals surface area contributed by atoms with Gasteiger partial charge in [-0.05, 0) is 12.8 Å². The van der Waals surface area contributed by atoms with E-state index in [1.165, 1.54) is 0 Å². The first-order chi connectivity index (χ1) is 5.00. The molecule has 0 aliphatic carbocycles. The summed E-state index contributed by atoms with van der Waals surface area (Å²) < 4.78 is 1.05. The van der Waals surface area contributed by atoms with Crippen LogP contribution in [0.3, 0.4) is 0 Å². The third kappa shape index (κ3) is 2.97. The number of halogens is 1. The van der Waals surface area contributed by atoms with Crippen molar-refractivity contribution in [3.05, 3.63) is 11.2 Å². The molecule has 0 saturated heterocycles. The van der Waals surface area contributed by atoms with Crippen molar-refractivity contribution >= 4 is 26.3 Å². The standard InChI is InChI=1S/C7H12BClN2/c1-5(2)6(3)7(8)11(9)10-4/h5H,4H2,1-3H3/b7-6+. The lowest BCUT2D eigenvalue weighted by molar-refractivity contribution is 0.614. The smallest absolute Gasteiger partial charge is 0.143 e. The van der Waals surface area contributed by atoms with Gasteiger partial charge in [0.1, 0.15) is 7.85 Å². The molecule has 0 aromatic heterocycles. The predicted molar refractivity (Wildman–Crippen MR) is 50.5 cm³/mol. The molecule has 0 fully saturated rings. The highest BCUT2D eigenvalue weighted by Crippen LogP contribution is 2.16. The predicted octanol–water partition coefficient (Wildman–Crippen LogP) is 2.11. The molecule has 0 saturated carbocycles. The van der Waals surface area contributed by atoms with Gasteiger partial charge < -0.3 is 0 Å². The molecule has 60 valence electrons. The summed E-state index contributed by atoms with van der Waals surface area (Å²) in [6.45, 7) is 9.25. The van der Waals surface area contributed by atoms with Crippen LogP contribution in [-0.2, 0) is 0 Å². The van der Waals surface area contributed by atoms with Crippen LogP contribution >= 0.6 is 11.8 Å². The Morgan fingerprint density at radius 3 is 2.36 bits per heavy atom. The van der Waals surface area contributed by atoms with Crippen LogP contribution in [0.2, 0.25) is 0 Å². The van der Waals surface area contributed by atoms with Crippen molar-refractivity contribution in [2.75, 3.05) is 0 Å². The van der Waals surface area contributed by atoms with Gasteiger partial charge in [0.15, 0.2) is 0 Å². The molecule has 0 aliphatic heterocycles. The molecule has 0 spiro atoms. The lowest BCUT2D eigenvalue weighted by Crippen LogP contribution is -2.08. The maximum absolute atomic E-state index is 5.61. The summed E-state index contributed by atoms with van der Waals surface area (Å²) in [4.78, 5) is 0. The van der Waals surface area contributed by atoms with Crippen LogP contribution in [0.1, 0.15) is 20.8 Å². The highest BCUT2D eigenvalue weighted by atomic mass is 35.5. The van der Waals surface area contributed by atoms with Crippen LogP contribution in [0.15, 0.2) is 16.3 Å². The van der Waals surface area contributed by atoms with E-state index in [4.69, 9.17) is 19.6 Å². The summed E-state index contributed by atoms with van der Waals surface area (Å²) in [6, 6.07) is 0. The van der Waals surface area contributed by atoms with Crippen LogP contribution in [0.4, 0.5) is 0 Å². The highest BCUT2D eigenvalue weighted by Gasteiger charge is 2.05. The number of hydrogen-bond acceptors (Lipinski definition) is 2. The maximum Gasteiger partial charge on any atom is 0.143 e. The van der Waals surface area contributed by atoms with Gasteiger partial charge in [0.05, 0.1) is 0 Å². The Morgan fingerprint density at radius 2 is 2.09 bits per heavy atom. The van der Waals surface area contributed by atoms with E-state index in [1.807, 2.05) is 20.8 Å². The van der Waals surface area contributed by atoms with Gasteiger partial charge in [0.2, 0.25) is 0 Å². The zero-order chi connectivity index (χ0) is 9.02.